The van der Waals surface area contributed by atoms with Gasteiger partial charge < -0.3 is 9.72 Å². The summed E-state index contributed by atoms with van der Waals surface area (Å²) in [4.78, 5) is 15.7. The van der Waals surface area contributed by atoms with Crippen LogP contribution in [0.2, 0.25) is 0 Å². The molecule has 1 aliphatic rings. The summed E-state index contributed by atoms with van der Waals surface area (Å²) in [7, 11) is 0. The standard InChI is InChI=1S/C21H28N2O2/c1-8-25-21(24)20-14(6)19-16(22-20)10-17-13(5)12(4)15(7)23(17)18(19)9-11(2)3/h10-11,15H,8-9H2,1-7H3/p+1/t15-/m0/s1. The fraction of sp³-hybridized carbons (Fsp3) is 0.524. The third-order valence-corrected chi connectivity index (χ3v) is 5.47. The molecule has 3 rings (SSSR count). The van der Waals surface area contributed by atoms with Crippen LogP contribution in [0.3, 0.4) is 0 Å². The zero-order valence-corrected chi connectivity index (χ0v) is 16.4. The zero-order chi connectivity index (χ0) is 18.5. The maximum Gasteiger partial charge on any atom is 0.355 e. The number of esters is 1. The molecule has 0 aromatic carbocycles. The quantitative estimate of drug-likeness (QED) is 0.657. The second-order valence-corrected chi connectivity index (χ2v) is 7.56. The van der Waals surface area contributed by atoms with Crippen molar-refractivity contribution in [1.82, 2.24) is 4.98 Å². The molecular weight excluding hydrogens is 312 g/mol. The second-order valence-electron chi connectivity index (χ2n) is 7.56. The molecule has 2 aromatic heterocycles. The molecule has 25 heavy (non-hydrogen) atoms. The first kappa shape index (κ1) is 17.7. The van der Waals surface area contributed by atoms with E-state index in [0.717, 1.165) is 17.5 Å². The van der Waals surface area contributed by atoms with E-state index in [4.69, 9.17) is 4.74 Å². The second kappa shape index (κ2) is 6.32. The maximum absolute atomic E-state index is 12.3. The van der Waals surface area contributed by atoms with Gasteiger partial charge in [-0.25, -0.2) is 4.79 Å². The number of ether oxygens (including phenoxy) is 1. The van der Waals surface area contributed by atoms with Gasteiger partial charge in [0.15, 0.2) is 11.7 Å². The average molecular weight is 341 g/mol. The van der Waals surface area contributed by atoms with Gasteiger partial charge in [-0.1, -0.05) is 13.8 Å². The summed E-state index contributed by atoms with van der Waals surface area (Å²) in [6.45, 7) is 15.4. The van der Waals surface area contributed by atoms with Crippen LogP contribution in [0.1, 0.15) is 75.0 Å². The average Bonchev–Trinajstić information content (AvgIpc) is 2.98. The molecule has 0 aliphatic carbocycles. The predicted molar refractivity (Wildman–Crippen MR) is 101 cm³/mol. The first-order valence-corrected chi connectivity index (χ1v) is 9.22. The van der Waals surface area contributed by atoms with E-state index in [1.54, 1.807) is 0 Å². The van der Waals surface area contributed by atoms with Gasteiger partial charge in [0.2, 0.25) is 5.69 Å². The van der Waals surface area contributed by atoms with Crippen LogP contribution >= 0.6 is 0 Å². The lowest BCUT2D eigenvalue weighted by molar-refractivity contribution is -0.714. The fourth-order valence-corrected chi connectivity index (χ4v) is 4.00. The van der Waals surface area contributed by atoms with Crippen molar-refractivity contribution in [3.63, 3.8) is 0 Å². The first-order chi connectivity index (χ1) is 11.8. The topological polar surface area (TPSA) is 46.0 Å². The number of carbonyl (C=O) groups is 1. The molecule has 0 radical (unpaired) electrons. The third-order valence-electron chi connectivity index (χ3n) is 5.47. The van der Waals surface area contributed by atoms with Crippen LogP contribution in [-0.2, 0) is 11.2 Å². The number of pyridine rings is 1. The number of rotatable bonds is 4. The van der Waals surface area contributed by atoms with Crippen molar-refractivity contribution in [2.24, 2.45) is 5.92 Å². The third kappa shape index (κ3) is 2.68. The smallest absolute Gasteiger partial charge is 0.355 e. The van der Waals surface area contributed by atoms with Crippen LogP contribution in [0.4, 0.5) is 0 Å². The molecule has 4 heteroatoms. The van der Waals surface area contributed by atoms with Crippen molar-refractivity contribution in [3.8, 4) is 0 Å². The van der Waals surface area contributed by atoms with E-state index in [1.807, 2.05) is 13.8 Å². The highest BCUT2D eigenvalue weighted by molar-refractivity contribution is 5.99. The number of aromatic amines is 1. The van der Waals surface area contributed by atoms with Crippen LogP contribution in [-0.4, -0.2) is 17.6 Å². The van der Waals surface area contributed by atoms with Gasteiger partial charge in [-0.05, 0) is 39.2 Å². The molecule has 1 N–H and O–H groups in total. The van der Waals surface area contributed by atoms with E-state index >= 15 is 0 Å². The van der Waals surface area contributed by atoms with Crippen molar-refractivity contribution in [3.05, 3.63) is 34.3 Å². The van der Waals surface area contributed by atoms with E-state index in [9.17, 15) is 4.79 Å². The number of aryl methyl sites for hydroxylation is 1. The number of carbonyl (C=O) groups excluding carboxylic acids is 1. The Hall–Kier alpha value is -2.10. The molecule has 0 saturated carbocycles. The predicted octanol–water partition coefficient (Wildman–Crippen LogP) is 4.51. The van der Waals surface area contributed by atoms with Gasteiger partial charge in [-0.3, -0.25) is 0 Å². The van der Waals surface area contributed by atoms with Gasteiger partial charge in [0.05, 0.1) is 17.5 Å². The highest BCUT2D eigenvalue weighted by Gasteiger charge is 2.37. The summed E-state index contributed by atoms with van der Waals surface area (Å²) in [6, 6.07) is 2.55. The number of allylic oxidation sites excluding steroid dienone is 2. The molecule has 1 atom stereocenters. The molecule has 0 amide bonds. The Morgan fingerprint density at radius 1 is 1.32 bits per heavy atom. The Kier molecular flexibility index (Phi) is 4.48. The van der Waals surface area contributed by atoms with Crippen molar-refractivity contribution >= 4 is 22.4 Å². The van der Waals surface area contributed by atoms with E-state index < -0.39 is 0 Å². The number of H-pyrrole nitrogens is 1. The first-order valence-electron chi connectivity index (χ1n) is 9.22. The molecule has 0 unspecified atom stereocenters. The normalized spacial score (nSPS) is 16.9. The Morgan fingerprint density at radius 2 is 2.00 bits per heavy atom. The van der Waals surface area contributed by atoms with Gasteiger partial charge in [-0.2, -0.15) is 4.57 Å². The minimum Gasteiger partial charge on any atom is -0.461 e. The summed E-state index contributed by atoms with van der Waals surface area (Å²) in [6.07, 6.45) is 0.982. The number of fused-ring (bicyclic) bond motifs is 2. The Bertz CT molecular complexity index is 887. The van der Waals surface area contributed by atoms with E-state index in [0.29, 0.717) is 24.3 Å². The molecule has 0 fully saturated rings. The molecule has 134 valence electrons. The van der Waals surface area contributed by atoms with Crippen LogP contribution in [0.25, 0.3) is 16.5 Å². The molecule has 0 saturated heterocycles. The van der Waals surface area contributed by atoms with Gasteiger partial charge in [-0.15, -0.1) is 0 Å². The van der Waals surface area contributed by atoms with Gasteiger partial charge in [0.25, 0.3) is 0 Å². The number of hydrogen-bond acceptors (Lipinski definition) is 2. The summed E-state index contributed by atoms with van der Waals surface area (Å²) < 4.78 is 7.69. The minimum atomic E-state index is -0.270. The highest BCUT2D eigenvalue weighted by atomic mass is 16.5. The largest absolute Gasteiger partial charge is 0.461 e. The van der Waals surface area contributed by atoms with E-state index in [2.05, 4.69) is 50.2 Å². The van der Waals surface area contributed by atoms with Crippen molar-refractivity contribution in [1.29, 1.82) is 0 Å². The van der Waals surface area contributed by atoms with Crippen molar-refractivity contribution in [2.45, 2.75) is 60.9 Å². The zero-order valence-electron chi connectivity index (χ0n) is 16.4. The monoisotopic (exact) mass is 341 g/mol. The summed E-state index contributed by atoms with van der Waals surface area (Å²) in [5.74, 6) is 0.268. The van der Waals surface area contributed by atoms with Crippen LogP contribution < -0.4 is 4.57 Å². The lowest BCUT2D eigenvalue weighted by Gasteiger charge is -2.12. The van der Waals surface area contributed by atoms with Gasteiger partial charge in [0.1, 0.15) is 5.69 Å². The maximum atomic E-state index is 12.3. The Balaban J connectivity index is 2.33. The number of nitrogens with zero attached hydrogens (tertiary/aromatic N) is 1. The molecule has 0 spiro atoms. The van der Waals surface area contributed by atoms with Crippen LogP contribution in [0, 0.1) is 12.8 Å². The van der Waals surface area contributed by atoms with Gasteiger partial charge >= 0.3 is 5.97 Å². The summed E-state index contributed by atoms with van der Waals surface area (Å²) in [5, 5.41) is 1.18. The SMILES string of the molecule is CCOC(=O)c1[nH]c2cc3[n+](c(CC(C)C)c2c1C)[C@@H](C)C(C)=C3C. The van der Waals surface area contributed by atoms with Crippen LogP contribution in [0.5, 0.6) is 0 Å². The number of nitrogens with one attached hydrogen (secondary N) is 1. The lowest BCUT2D eigenvalue weighted by Crippen LogP contribution is -2.43. The molecule has 3 heterocycles. The molecule has 2 aromatic rings. The number of aromatic nitrogens is 2. The minimum absolute atomic E-state index is 0.270. The molecule has 0 bridgehead atoms. The number of hydrogen-bond donors (Lipinski definition) is 1. The van der Waals surface area contributed by atoms with Crippen molar-refractivity contribution in [2.75, 3.05) is 6.61 Å². The fourth-order valence-electron chi connectivity index (χ4n) is 4.00. The summed E-state index contributed by atoms with van der Waals surface area (Å²) in [5.41, 5.74) is 7.93. The van der Waals surface area contributed by atoms with Crippen molar-refractivity contribution < 1.29 is 14.1 Å². The van der Waals surface area contributed by atoms with Crippen LogP contribution in [0.15, 0.2) is 11.6 Å². The Labute approximate surface area is 149 Å². The lowest BCUT2D eigenvalue weighted by atomic mass is 10.0. The molecule has 1 aliphatic heterocycles. The van der Waals surface area contributed by atoms with Gasteiger partial charge in [0, 0.05) is 30.6 Å². The van der Waals surface area contributed by atoms with E-state index in [-0.39, 0.29) is 5.97 Å². The summed E-state index contributed by atoms with van der Waals surface area (Å²) >= 11 is 0. The van der Waals surface area contributed by atoms with E-state index in [1.165, 1.54) is 27.9 Å². The highest BCUT2D eigenvalue weighted by Crippen LogP contribution is 2.35. The molecule has 4 nitrogen and oxygen atoms in total. The Morgan fingerprint density at radius 3 is 2.60 bits per heavy atom. The molecular formula is C21H29N2O2+.